The second-order valence-corrected chi connectivity index (χ2v) is 3.92. The van der Waals surface area contributed by atoms with E-state index in [1.165, 1.54) is 6.26 Å². The van der Waals surface area contributed by atoms with Gasteiger partial charge in [0.1, 0.15) is 0 Å². The molecule has 2 N–H and O–H groups in total. The summed E-state index contributed by atoms with van der Waals surface area (Å²) < 4.78 is 5.28. The monoisotopic (exact) mass is 253 g/mol. The molecular formula is C14H11N3O2. The normalized spacial score (nSPS) is 10.3. The molecule has 0 radical (unpaired) electrons. The number of rotatable bonds is 3. The van der Waals surface area contributed by atoms with Crippen molar-refractivity contribution in [1.29, 1.82) is 0 Å². The fraction of sp³-hybridized carbons (Fsp3) is 0. The summed E-state index contributed by atoms with van der Waals surface area (Å²) in [5, 5.41) is 2.64. The van der Waals surface area contributed by atoms with Crippen LogP contribution in [0.1, 0.15) is 10.6 Å². The molecule has 3 aromatic rings. The fourth-order valence-corrected chi connectivity index (χ4v) is 1.83. The number of aromatic nitrogens is 2. The molecule has 0 atom stereocenters. The zero-order valence-corrected chi connectivity index (χ0v) is 9.96. The van der Waals surface area contributed by atoms with E-state index in [1.807, 2.05) is 30.3 Å². The van der Waals surface area contributed by atoms with Crippen LogP contribution < -0.4 is 5.32 Å². The van der Waals surface area contributed by atoms with E-state index in [1.54, 1.807) is 18.5 Å². The number of hydrogen-bond donors (Lipinski definition) is 2. The van der Waals surface area contributed by atoms with Crippen LogP contribution in [-0.2, 0) is 0 Å². The molecule has 2 heterocycles. The van der Waals surface area contributed by atoms with Crippen molar-refractivity contribution in [3.63, 3.8) is 0 Å². The maximum absolute atomic E-state index is 12.1. The van der Waals surface area contributed by atoms with E-state index < -0.39 is 0 Å². The Bertz CT molecular complexity index is 672. The standard InChI is InChI=1S/C14H11N3O2/c18-13(17-14-15-7-8-16-14)12-11(6-9-19-12)10-4-2-1-3-5-10/h1-9H,(H2,15,16,17,18). The number of nitrogens with one attached hydrogen (secondary N) is 2. The Morgan fingerprint density at radius 2 is 2.05 bits per heavy atom. The molecule has 94 valence electrons. The lowest BCUT2D eigenvalue weighted by Crippen LogP contribution is -2.12. The quantitative estimate of drug-likeness (QED) is 0.753. The molecule has 0 unspecified atom stereocenters. The number of imidazole rings is 1. The average Bonchev–Trinajstić information content (AvgIpc) is 3.10. The lowest BCUT2D eigenvalue weighted by molar-refractivity contribution is 0.0996. The zero-order valence-electron chi connectivity index (χ0n) is 9.96. The predicted octanol–water partition coefficient (Wildman–Crippen LogP) is 2.92. The second-order valence-electron chi connectivity index (χ2n) is 3.92. The van der Waals surface area contributed by atoms with Gasteiger partial charge in [-0.3, -0.25) is 10.1 Å². The fourth-order valence-electron chi connectivity index (χ4n) is 1.83. The minimum absolute atomic E-state index is 0.266. The molecule has 2 aromatic heterocycles. The number of carbonyl (C=O) groups is 1. The highest BCUT2D eigenvalue weighted by atomic mass is 16.3. The van der Waals surface area contributed by atoms with Gasteiger partial charge in [0.05, 0.1) is 6.26 Å². The molecular weight excluding hydrogens is 242 g/mol. The largest absolute Gasteiger partial charge is 0.459 e. The Morgan fingerprint density at radius 1 is 1.21 bits per heavy atom. The Morgan fingerprint density at radius 3 is 2.79 bits per heavy atom. The van der Waals surface area contributed by atoms with Crippen LogP contribution >= 0.6 is 0 Å². The molecule has 0 saturated carbocycles. The number of benzene rings is 1. The van der Waals surface area contributed by atoms with Crippen LogP contribution in [0.25, 0.3) is 11.1 Å². The third-order valence-corrected chi connectivity index (χ3v) is 2.69. The third-order valence-electron chi connectivity index (χ3n) is 2.69. The van der Waals surface area contributed by atoms with Gasteiger partial charge in [-0.05, 0) is 11.6 Å². The highest BCUT2D eigenvalue weighted by Crippen LogP contribution is 2.25. The summed E-state index contributed by atoms with van der Waals surface area (Å²) in [5.41, 5.74) is 1.69. The average molecular weight is 253 g/mol. The summed E-state index contributed by atoms with van der Waals surface area (Å²) in [6, 6.07) is 11.4. The Labute approximate surface area is 109 Å². The van der Waals surface area contributed by atoms with Crippen LogP contribution in [0.2, 0.25) is 0 Å². The summed E-state index contributed by atoms with van der Waals surface area (Å²) >= 11 is 0. The molecule has 0 aliphatic heterocycles. The number of H-pyrrole nitrogens is 1. The molecule has 0 spiro atoms. The van der Waals surface area contributed by atoms with Crippen molar-refractivity contribution in [2.75, 3.05) is 5.32 Å². The summed E-state index contributed by atoms with van der Waals surface area (Å²) in [4.78, 5) is 18.8. The van der Waals surface area contributed by atoms with Crippen LogP contribution in [0.15, 0.2) is 59.5 Å². The number of aromatic amines is 1. The van der Waals surface area contributed by atoms with Crippen molar-refractivity contribution in [3.8, 4) is 11.1 Å². The van der Waals surface area contributed by atoms with Crippen LogP contribution in [0.3, 0.4) is 0 Å². The van der Waals surface area contributed by atoms with Gasteiger partial charge >= 0.3 is 0 Å². The van der Waals surface area contributed by atoms with Crippen molar-refractivity contribution in [3.05, 3.63) is 60.8 Å². The van der Waals surface area contributed by atoms with Gasteiger partial charge in [-0.1, -0.05) is 30.3 Å². The SMILES string of the molecule is O=C(Nc1ncc[nH]1)c1occc1-c1ccccc1. The summed E-state index contributed by atoms with van der Waals surface area (Å²) in [7, 11) is 0. The number of nitrogens with zero attached hydrogens (tertiary/aromatic N) is 1. The molecule has 0 aliphatic carbocycles. The molecule has 0 aliphatic rings. The van der Waals surface area contributed by atoms with Gasteiger partial charge in [-0.25, -0.2) is 4.98 Å². The van der Waals surface area contributed by atoms with E-state index in [0.29, 0.717) is 5.95 Å². The van der Waals surface area contributed by atoms with Gasteiger partial charge in [-0.2, -0.15) is 0 Å². The lowest BCUT2D eigenvalue weighted by atomic mass is 10.1. The predicted molar refractivity (Wildman–Crippen MR) is 70.7 cm³/mol. The van der Waals surface area contributed by atoms with Crippen molar-refractivity contribution < 1.29 is 9.21 Å². The molecule has 19 heavy (non-hydrogen) atoms. The molecule has 3 rings (SSSR count). The van der Waals surface area contributed by atoms with E-state index >= 15 is 0 Å². The minimum atomic E-state index is -0.334. The molecule has 1 aromatic carbocycles. The molecule has 0 fully saturated rings. The lowest BCUT2D eigenvalue weighted by Gasteiger charge is -2.02. The first-order valence-corrected chi connectivity index (χ1v) is 5.78. The first kappa shape index (κ1) is 11.3. The Hall–Kier alpha value is -2.82. The van der Waals surface area contributed by atoms with Crippen LogP contribution in [0.4, 0.5) is 5.95 Å². The van der Waals surface area contributed by atoms with Gasteiger partial charge in [0.25, 0.3) is 5.91 Å². The first-order valence-electron chi connectivity index (χ1n) is 5.78. The minimum Gasteiger partial charge on any atom is -0.459 e. The molecule has 0 bridgehead atoms. The molecule has 0 saturated heterocycles. The van der Waals surface area contributed by atoms with Gasteiger partial charge in [0.15, 0.2) is 5.76 Å². The van der Waals surface area contributed by atoms with Crippen molar-refractivity contribution in [2.45, 2.75) is 0 Å². The van der Waals surface area contributed by atoms with Crippen molar-refractivity contribution in [2.24, 2.45) is 0 Å². The molecule has 5 nitrogen and oxygen atoms in total. The van der Waals surface area contributed by atoms with Gasteiger partial charge in [0.2, 0.25) is 5.95 Å². The van der Waals surface area contributed by atoms with Gasteiger partial charge < -0.3 is 9.40 Å². The van der Waals surface area contributed by atoms with Crippen LogP contribution in [-0.4, -0.2) is 15.9 Å². The van der Waals surface area contributed by atoms with Crippen LogP contribution in [0, 0.1) is 0 Å². The van der Waals surface area contributed by atoms with E-state index in [2.05, 4.69) is 15.3 Å². The smallest absolute Gasteiger partial charge is 0.294 e. The number of furan rings is 1. The number of hydrogen-bond acceptors (Lipinski definition) is 3. The Kier molecular flexibility index (Phi) is 2.86. The van der Waals surface area contributed by atoms with Gasteiger partial charge in [0, 0.05) is 18.0 Å². The van der Waals surface area contributed by atoms with Gasteiger partial charge in [-0.15, -0.1) is 0 Å². The maximum Gasteiger partial charge on any atom is 0.294 e. The van der Waals surface area contributed by atoms with Crippen LogP contribution in [0.5, 0.6) is 0 Å². The number of anilines is 1. The topological polar surface area (TPSA) is 70.9 Å². The number of amides is 1. The Balaban J connectivity index is 1.90. The van der Waals surface area contributed by atoms with E-state index in [0.717, 1.165) is 11.1 Å². The molecule has 1 amide bonds. The van der Waals surface area contributed by atoms with E-state index in [4.69, 9.17) is 4.42 Å². The highest BCUT2D eigenvalue weighted by molar-refractivity contribution is 6.05. The van der Waals surface area contributed by atoms with E-state index in [9.17, 15) is 4.79 Å². The summed E-state index contributed by atoms with van der Waals surface area (Å²) in [6.07, 6.45) is 4.70. The number of carbonyl (C=O) groups excluding carboxylic acids is 1. The van der Waals surface area contributed by atoms with Crippen molar-refractivity contribution in [1.82, 2.24) is 9.97 Å². The summed E-state index contributed by atoms with van der Waals surface area (Å²) in [5.74, 6) is 0.321. The summed E-state index contributed by atoms with van der Waals surface area (Å²) in [6.45, 7) is 0. The second kappa shape index (κ2) is 4.81. The first-order chi connectivity index (χ1) is 9.34. The maximum atomic E-state index is 12.1. The van der Waals surface area contributed by atoms with E-state index in [-0.39, 0.29) is 11.7 Å². The van der Waals surface area contributed by atoms with Crippen molar-refractivity contribution >= 4 is 11.9 Å². The molecule has 5 heteroatoms. The third kappa shape index (κ3) is 2.26. The highest BCUT2D eigenvalue weighted by Gasteiger charge is 2.17. The zero-order chi connectivity index (χ0) is 13.1.